The SMILES string of the molecule is C[C@H]1[C@H](C)CCC[C@H]1NC(=O)COC(=O)CCNS(=O)(=O)c1cccc(C(F)(F)F)c1. The van der Waals surface area contributed by atoms with Crippen LogP contribution < -0.4 is 10.0 Å². The van der Waals surface area contributed by atoms with E-state index in [1.165, 1.54) is 0 Å². The average Bonchev–Trinajstić information content (AvgIpc) is 2.69. The summed E-state index contributed by atoms with van der Waals surface area (Å²) in [5, 5.41) is 2.85. The van der Waals surface area contributed by atoms with Crippen LogP contribution in [-0.4, -0.2) is 39.5 Å². The van der Waals surface area contributed by atoms with Gasteiger partial charge in [0.25, 0.3) is 5.91 Å². The zero-order chi connectivity index (χ0) is 23.2. The topological polar surface area (TPSA) is 102 Å². The molecule has 0 unspecified atom stereocenters. The van der Waals surface area contributed by atoms with Crippen molar-refractivity contribution in [3.63, 3.8) is 0 Å². The zero-order valence-electron chi connectivity index (χ0n) is 17.4. The molecule has 0 heterocycles. The minimum absolute atomic E-state index is 0.0224. The van der Waals surface area contributed by atoms with E-state index in [1.807, 2.05) is 0 Å². The molecule has 2 rings (SSSR count). The first-order chi connectivity index (χ1) is 14.4. The fraction of sp³-hybridized carbons (Fsp3) is 0.600. The Balaban J connectivity index is 1.77. The van der Waals surface area contributed by atoms with Crippen LogP contribution in [0, 0.1) is 11.8 Å². The highest BCUT2D eigenvalue weighted by Gasteiger charge is 2.32. The van der Waals surface area contributed by atoms with Gasteiger partial charge in [0.15, 0.2) is 6.61 Å². The number of rotatable bonds is 8. The zero-order valence-corrected chi connectivity index (χ0v) is 18.2. The van der Waals surface area contributed by atoms with Crippen LogP contribution in [0.3, 0.4) is 0 Å². The van der Waals surface area contributed by atoms with Crippen molar-refractivity contribution in [2.45, 2.75) is 56.6 Å². The molecule has 3 atom stereocenters. The van der Waals surface area contributed by atoms with Crippen molar-refractivity contribution in [3.05, 3.63) is 29.8 Å². The first-order valence-corrected chi connectivity index (χ1v) is 11.5. The fourth-order valence-corrected chi connectivity index (χ4v) is 4.54. The molecular weight excluding hydrogens is 437 g/mol. The summed E-state index contributed by atoms with van der Waals surface area (Å²) in [6.07, 6.45) is -2.06. The maximum absolute atomic E-state index is 12.7. The van der Waals surface area contributed by atoms with Crippen molar-refractivity contribution in [2.24, 2.45) is 11.8 Å². The van der Waals surface area contributed by atoms with Crippen molar-refractivity contribution >= 4 is 21.9 Å². The first kappa shape index (κ1) is 25.1. The summed E-state index contributed by atoms with van der Waals surface area (Å²) in [6.45, 7) is 3.34. The van der Waals surface area contributed by atoms with Gasteiger partial charge in [-0.05, 0) is 36.5 Å². The molecule has 0 radical (unpaired) electrons. The van der Waals surface area contributed by atoms with Crippen LogP contribution >= 0.6 is 0 Å². The van der Waals surface area contributed by atoms with Crippen molar-refractivity contribution in [2.75, 3.05) is 13.2 Å². The summed E-state index contributed by atoms with van der Waals surface area (Å²) in [4.78, 5) is 23.2. The number of halogens is 3. The van der Waals surface area contributed by atoms with Crippen LogP contribution in [0.1, 0.15) is 45.1 Å². The summed E-state index contributed by atoms with van der Waals surface area (Å²) in [5.74, 6) is -0.416. The van der Waals surface area contributed by atoms with E-state index in [9.17, 15) is 31.2 Å². The highest BCUT2D eigenvalue weighted by molar-refractivity contribution is 7.89. The molecule has 0 spiro atoms. The van der Waals surface area contributed by atoms with Gasteiger partial charge >= 0.3 is 12.1 Å². The van der Waals surface area contributed by atoms with E-state index in [1.54, 1.807) is 0 Å². The molecule has 7 nitrogen and oxygen atoms in total. The maximum Gasteiger partial charge on any atom is 0.416 e. The van der Waals surface area contributed by atoms with Gasteiger partial charge < -0.3 is 10.1 Å². The molecule has 1 fully saturated rings. The molecule has 11 heteroatoms. The van der Waals surface area contributed by atoms with Crippen LogP contribution in [0.2, 0.25) is 0 Å². The Hall–Kier alpha value is -2.14. The van der Waals surface area contributed by atoms with Gasteiger partial charge in [0.05, 0.1) is 16.9 Å². The molecular formula is C20H27F3N2O5S. The Bertz CT molecular complexity index is 889. The number of hydrogen-bond donors (Lipinski definition) is 2. The summed E-state index contributed by atoms with van der Waals surface area (Å²) in [5.41, 5.74) is -1.09. The monoisotopic (exact) mass is 464 g/mol. The van der Waals surface area contributed by atoms with E-state index in [2.05, 4.69) is 23.9 Å². The molecule has 1 aliphatic rings. The quantitative estimate of drug-likeness (QED) is 0.576. The normalized spacial score (nSPS) is 22.0. The second-order valence-electron chi connectivity index (χ2n) is 7.78. The van der Waals surface area contributed by atoms with Crippen LogP contribution in [0.25, 0.3) is 0 Å². The molecule has 1 saturated carbocycles. The lowest BCUT2D eigenvalue weighted by Gasteiger charge is -2.34. The number of ether oxygens (including phenoxy) is 1. The standard InChI is InChI=1S/C20H27F3N2O5S/c1-13-5-3-8-17(14(13)2)25-18(26)12-30-19(27)9-10-24-31(28,29)16-7-4-6-15(11-16)20(21,22)23/h4,6-7,11,13-14,17,24H,3,5,8-10,12H2,1-2H3,(H,25,26)/t13-,14+,17-/m1/s1. The Kier molecular flexibility index (Phi) is 8.47. The number of amides is 1. The minimum atomic E-state index is -4.68. The summed E-state index contributed by atoms with van der Waals surface area (Å²) >= 11 is 0. The van der Waals surface area contributed by atoms with Gasteiger partial charge in [0.2, 0.25) is 10.0 Å². The molecule has 0 aliphatic heterocycles. The number of sulfonamides is 1. The van der Waals surface area contributed by atoms with Crippen molar-refractivity contribution in [1.82, 2.24) is 10.0 Å². The fourth-order valence-electron chi connectivity index (χ4n) is 3.46. The molecule has 1 aromatic rings. The second kappa shape index (κ2) is 10.4. The largest absolute Gasteiger partial charge is 0.456 e. The molecule has 0 aromatic heterocycles. The van der Waals surface area contributed by atoms with Crippen molar-refractivity contribution in [1.29, 1.82) is 0 Å². The molecule has 0 bridgehead atoms. The van der Waals surface area contributed by atoms with Gasteiger partial charge in [0, 0.05) is 12.6 Å². The van der Waals surface area contributed by atoms with Crippen LogP contribution in [-0.2, 0) is 30.5 Å². The number of esters is 1. The third-order valence-electron chi connectivity index (χ3n) is 5.51. The molecule has 1 aromatic carbocycles. The van der Waals surface area contributed by atoms with Gasteiger partial charge in [0.1, 0.15) is 0 Å². The van der Waals surface area contributed by atoms with E-state index >= 15 is 0 Å². The maximum atomic E-state index is 12.7. The lowest BCUT2D eigenvalue weighted by atomic mass is 9.78. The predicted octanol–water partition coefficient (Wildman–Crippen LogP) is 2.86. The number of hydrogen-bond acceptors (Lipinski definition) is 5. The lowest BCUT2D eigenvalue weighted by molar-refractivity contribution is -0.148. The summed E-state index contributed by atoms with van der Waals surface area (Å²) < 4.78 is 69.4. The summed E-state index contributed by atoms with van der Waals surface area (Å²) in [7, 11) is -4.24. The Morgan fingerprint density at radius 2 is 1.90 bits per heavy atom. The number of carbonyl (C=O) groups excluding carboxylic acids is 2. The third kappa shape index (κ3) is 7.49. The van der Waals surface area contributed by atoms with Gasteiger partial charge in [-0.3, -0.25) is 9.59 Å². The van der Waals surface area contributed by atoms with Crippen LogP contribution in [0.15, 0.2) is 29.2 Å². The van der Waals surface area contributed by atoms with E-state index in [0.29, 0.717) is 17.9 Å². The lowest BCUT2D eigenvalue weighted by Crippen LogP contribution is -2.45. The van der Waals surface area contributed by atoms with E-state index in [-0.39, 0.29) is 19.0 Å². The molecule has 174 valence electrons. The third-order valence-corrected chi connectivity index (χ3v) is 6.97. The Morgan fingerprint density at radius 3 is 2.58 bits per heavy atom. The molecule has 0 saturated heterocycles. The second-order valence-corrected chi connectivity index (χ2v) is 9.54. The smallest absolute Gasteiger partial charge is 0.416 e. The van der Waals surface area contributed by atoms with Gasteiger partial charge in [-0.1, -0.05) is 32.8 Å². The van der Waals surface area contributed by atoms with Crippen molar-refractivity contribution < 1.29 is 35.9 Å². The summed E-state index contributed by atoms with van der Waals surface area (Å²) in [6, 6.07) is 3.30. The Labute approximate surface area is 179 Å². The van der Waals surface area contributed by atoms with Gasteiger partial charge in [-0.2, -0.15) is 13.2 Å². The molecule has 1 aliphatic carbocycles. The first-order valence-electron chi connectivity index (χ1n) is 10.0. The number of benzene rings is 1. The van der Waals surface area contributed by atoms with Crippen LogP contribution in [0.4, 0.5) is 13.2 Å². The Morgan fingerprint density at radius 1 is 1.19 bits per heavy atom. The predicted molar refractivity (Wildman–Crippen MR) is 106 cm³/mol. The number of nitrogens with one attached hydrogen (secondary N) is 2. The van der Waals surface area contributed by atoms with Crippen LogP contribution in [0.5, 0.6) is 0 Å². The highest BCUT2D eigenvalue weighted by atomic mass is 32.2. The van der Waals surface area contributed by atoms with E-state index in [0.717, 1.165) is 37.5 Å². The van der Waals surface area contributed by atoms with E-state index in [4.69, 9.17) is 4.74 Å². The highest BCUT2D eigenvalue weighted by Crippen LogP contribution is 2.30. The minimum Gasteiger partial charge on any atom is -0.456 e. The van der Waals surface area contributed by atoms with E-state index < -0.39 is 45.1 Å². The molecule has 31 heavy (non-hydrogen) atoms. The van der Waals surface area contributed by atoms with Gasteiger partial charge in [-0.15, -0.1) is 0 Å². The number of alkyl halides is 3. The van der Waals surface area contributed by atoms with Gasteiger partial charge in [-0.25, -0.2) is 13.1 Å². The van der Waals surface area contributed by atoms with Crippen molar-refractivity contribution in [3.8, 4) is 0 Å². The average molecular weight is 465 g/mol. The number of carbonyl (C=O) groups is 2. The molecule has 1 amide bonds. The molecule has 2 N–H and O–H groups in total.